The van der Waals surface area contributed by atoms with Gasteiger partial charge in [-0.25, -0.2) is 0 Å². The Hall–Kier alpha value is -4.17. The zero-order valence-corrected chi connectivity index (χ0v) is 17.1. The lowest BCUT2D eigenvalue weighted by Crippen LogP contribution is -2.23. The number of hydrogen-bond acceptors (Lipinski definition) is 8. The van der Waals surface area contributed by atoms with Crippen molar-refractivity contribution in [3.8, 4) is 23.3 Å². The van der Waals surface area contributed by atoms with E-state index in [9.17, 15) is 25.0 Å². The van der Waals surface area contributed by atoms with Crippen molar-refractivity contribution in [1.82, 2.24) is 5.32 Å². The van der Waals surface area contributed by atoms with Crippen LogP contribution in [0.5, 0.6) is 17.2 Å². The standard InChI is InChI=1S/C20H14N4O6S/c1-11(25)22-20-23-19(26)18(31-20)8-12-3-5-16(17(7-12)29-2)30-15-6-4-14(24(27)28)9-13(15)10-21/h3-9H,1-2H3,(H,22,23,25,26). The van der Waals surface area contributed by atoms with E-state index >= 15 is 0 Å². The van der Waals surface area contributed by atoms with Gasteiger partial charge in [0.15, 0.2) is 16.7 Å². The van der Waals surface area contributed by atoms with Crippen LogP contribution in [0.25, 0.3) is 6.08 Å². The van der Waals surface area contributed by atoms with Crippen molar-refractivity contribution in [1.29, 1.82) is 5.26 Å². The van der Waals surface area contributed by atoms with E-state index < -0.39 is 10.8 Å². The molecule has 2 amide bonds. The Morgan fingerprint density at radius 1 is 1.26 bits per heavy atom. The van der Waals surface area contributed by atoms with Crippen molar-refractivity contribution in [2.24, 2.45) is 4.99 Å². The number of carbonyl (C=O) groups is 2. The van der Waals surface area contributed by atoms with E-state index in [-0.39, 0.29) is 33.8 Å². The SMILES string of the molecule is COc1cc(C=C2SC(NC(C)=O)=NC2=O)ccc1Oc1ccc([N+](=O)[O-])cc1C#N. The van der Waals surface area contributed by atoms with Gasteiger partial charge in [-0.1, -0.05) is 6.07 Å². The van der Waals surface area contributed by atoms with E-state index in [1.165, 1.54) is 26.2 Å². The summed E-state index contributed by atoms with van der Waals surface area (Å²) < 4.78 is 11.1. The van der Waals surface area contributed by atoms with Gasteiger partial charge in [0.05, 0.1) is 16.9 Å². The topological polar surface area (TPSA) is 144 Å². The van der Waals surface area contributed by atoms with Gasteiger partial charge in [0.2, 0.25) is 5.91 Å². The Morgan fingerprint density at radius 3 is 2.65 bits per heavy atom. The lowest BCUT2D eigenvalue weighted by Gasteiger charge is -2.12. The van der Waals surface area contributed by atoms with Gasteiger partial charge in [-0.15, -0.1) is 0 Å². The molecular weight excluding hydrogens is 424 g/mol. The molecule has 1 heterocycles. The summed E-state index contributed by atoms with van der Waals surface area (Å²) in [6.45, 7) is 1.32. The summed E-state index contributed by atoms with van der Waals surface area (Å²) in [7, 11) is 1.42. The molecule has 0 saturated carbocycles. The summed E-state index contributed by atoms with van der Waals surface area (Å²) in [6.07, 6.45) is 1.59. The molecule has 3 rings (SSSR count). The number of benzene rings is 2. The first-order chi connectivity index (χ1) is 14.8. The van der Waals surface area contributed by atoms with Gasteiger partial charge in [0.1, 0.15) is 17.4 Å². The second-order valence-corrected chi connectivity index (χ2v) is 7.11. The number of nitro groups is 1. The van der Waals surface area contributed by atoms with Gasteiger partial charge in [0.25, 0.3) is 11.6 Å². The van der Waals surface area contributed by atoms with Crippen LogP contribution in [0.15, 0.2) is 46.3 Å². The van der Waals surface area contributed by atoms with Crippen LogP contribution >= 0.6 is 11.8 Å². The number of amides is 2. The summed E-state index contributed by atoms with van der Waals surface area (Å²) in [5, 5.41) is 22.8. The summed E-state index contributed by atoms with van der Waals surface area (Å²) in [5.74, 6) is -0.0814. The van der Waals surface area contributed by atoms with E-state index in [2.05, 4.69) is 10.3 Å². The number of non-ortho nitro benzene ring substituents is 1. The third-order valence-corrected chi connectivity index (χ3v) is 4.80. The minimum Gasteiger partial charge on any atom is -0.493 e. The normalized spacial score (nSPS) is 14.0. The Bertz CT molecular complexity index is 1200. The van der Waals surface area contributed by atoms with Crippen molar-refractivity contribution >= 4 is 40.5 Å². The van der Waals surface area contributed by atoms with Gasteiger partial charge >= 0.3 is 0 Å². The maximum atomic E-state index is 12.0. The van der Waals surface area contributed by atoms with Gasteiger partial charge < -0.3 is 14.8 Å². The van der Waals surface area contributed by atoms with Crippen LogP contribution < -0.4 is 14.8 Å². The van der Waals surface area contributed by atoms with Crippen LogP contribution in [0.1, 0.15) is 18.1 Å². The van der Waals surface area contributed by atoms with E-state index in [0.717, 1.165) is 17.8 Å². The van der Waals surface area contributed by atoms with Crippen LogP contribution in [0, 0.1) is 21.4 Å². The molecular formula is C20H14N4O6S. The average molecular weight is 438 g/mol. The number of ether oxygens (including phenoxy) is 2. The van der Waals surface area contributed by atoms with Crippen LogP contribution in [-0.2, 0) is 9.59 Å². The molecule has 2 aromatic rings. The van der Waals surface area contributed by atoms with Crippen LogP contribution in [0.4, 0.5) is 5.69 Å². The smallest absolute Gasteiger partial charge is 0.286 e. The first-order valence-corrected chi connectivity index (χ1v) is 9.47. The number of amidine groups is 1. The number of hydrogen-bond donors (Lipinski definition) is 1. The molecule has 1 aliphatic rings. The third-order valence-electron chi connectivity index (χ3n) is 3.90. The highest BCUT2D eigenvalue weighted by atomic mass is 32.2. The molecule has 0 aliphatic carbocycles. The summed E-state index contributed by atoms with van der Waals surface area (Å²) >= 11 is 1.04. The molecule has 0 radical (unpaired) electrons. The monoisotopic (exact) mass is 438 g/mol. The maximum absolute atomic E-state index is 12.0. The Morgan fingerprint density at radius 2 is 2.00 bits per heavy atom. The largest absolute Gasteiger partial charge is 0.493 e. The zero-order valence-electron chi connectivity index (χ0n) is 16.2. The molecule has 1 aliphatic heterocycles. The zero-order chi connectivity index (χ0) is 22.5. The predicted molar refractivity (Wildman–Crippen MR) is 113 cm³/mol. The molecule has 0 aromatic heterocycles. The molecule has 0 fully saturated rings. The van der Waals surface area contributed by atoms with Crippen molar-refractivity contribution in [2.75, 3.05) is 7.11 Å². The second kappa shape index (κ2) is 9.10. The van der Waals surface area contributed by atoms with Gasteiger partial charge in [0, 0.05) is 19.1 Å². The lowest BCUT2D eigenvalue weighted by molar-refractivity contribution is -0.384. The maximum Gasteiger partial charge on any atom is 0.286 e. The molecule has 31 heavy (non-hydrogen) atoms. The van der Waals surface area contributed by atoms with Crippen LogP contribution in [0.2, 0.25) is 0 Å². The second-order valence-electron chi connectivity index (χ2n) is 6.08. The number of nitriles is 1. The molecule has 0 spiro atoms. The van der Waals surface area contributed by atoms with E-state index in [0.29, 0.717) is 16.2 Å². The molecule has 10 nitrogen and oxygen atoms in total. The number of thioether (sulfide) groups is 1. The molecule has 1 N–H and O–H groups in total. The van der Waals surface area contributed by atoms with E-state index in [1.54, 1.807) is 24.3 Å². The fourth-order valence-electron chi connectivity index (χ4n) is 2.55. The fraction of sp³-hybridized carbons (Fsp3) is 0.100. The molecule has 11 heteroatoms. The van der Waals surface area contributed by atoms with Crippen molar-refractivity contribution in [2.45, 2.75) is 6.92 Å². The number of carbonyl (C=O) groups excluding carboxylic acids is 2. The molecule has 0 atom stereocenters. The van der Waals surface area contributed by atoms with Crippen LogP contribution in [0.3, 0.4) is 0 Å². The summed E-state index contributed by atoms with van der Waals surface area (Å²) in [6, 6.07) is 10.4. The number of rotatable bonds is 5. The number of nitrogens with one attached hydrogen (secondary N) is 1. The summed E-state index contributed by atoms with van der Waals surface area (Å²) in [5.41, 5.74) is 0.388. The molecule has 2 aromatic carbocycles. The number of nitro benzene ring substituents is 1. The minimum atomic E-state index is -0.600. The molecule has 0 unspecified atom stereocenters. The fourth-order valence-corrected chi connectivity index (χ4v) is 3.41. The predicted octanol–water partition coefficient (Wildman–Crippen LogP) is 3.37. The molecule has 0 bridgehead atoms. The average Bonchev–Trinajstić information content (AvgIpc) is 3.06. The first-order valence-electron chi connectivity index (χ1n) is 8.65. The lowest BCUT2D eigenvalue weighted by atomic mass is 10.1. The molecule has 156 valence electrons. The Kier molecular flexibility index (Phi) is 6.32. The summed E-state index contributed by atoms with van der Waals surface area (Å²) in [4.78, 5) is 37.5. The number of methoxy groups -OCH3 is 1. The minimum absolute atomic E-state index is 0.00181. The van der Waals surface area contributed by atoms with Gasteiger partial charge in [-0.2, -0.15) is 10.3 Å². The van der Waals surface area contributed by atoms with E-state index in [1.807, 2.05) is 6.07 Å². The number of aliphatic imine (C=N–C) groups is 1. The van der Waals surface area contributed by atoms with Gasteiger partial charge in [-0.3, -0.25) is 19.7 Å². The Balaban J connectivity index is 1.85. The van der Waals surface area contributed by atoms with E-state index in [4.69, 9.17) is 9.47 Å². The van der Waals surface area contributed by atoms with Crippen molar-refractivity contribution < 1.29 is 24.0 Å². The number of nitrogens with zero attached hydrogens (tertiary/aromatic N) is 3. The van der Waals surface area contributed by atoms with Crippen LogP contribution in [-0.4, -0.2) is 29.0 Å². The van der Waals surface area contributed by atoms with Gasteiger partial charge in [-0.05, 0) is 41.6 Å². The highest BCUT2D eigenvalue weighted by Crippen LogP contribution is 2.36. The quantitative estimate of drug-likeness (QED) is 0.425. The highest BCUT2D eigenvalue weighted by molar-refractivity contribution is 8.18. The van der Waals surface area contributed by atoms with Crippen molar-refractivity contribution in [3.05, 3.63) is 62.5 Å². The van der Waals surface area contributed by atoms with Crippen molar-refractivity contribution in [3.63, 3.8) is 0 Å². The third kappa shape index (κ3) is 5.06. The highest BCUT2D eigenvalue weighted by Gasteiger charge is 2.23. The Labute approximate surface area is 180 Å². The first kappa shape index (κ1) is 21.5. The molecule has 0 saturated heterocycles.